The summed E-state index contributed by atoms with van der Waals surface area (Å²) in [6, 6.07) is 0.512. The summed E-state index contributed by atoms with van der Waals surface area (Å²) in [5.41, 5.74) is 1.14. The number of hydrogen-bond acceptors (Lipinski definition) is 4. The molecule has 0 unspecified atom stereocenters. The Balaban J connectivity index is 1.86. The zero-order chi connectivity index (χ0) is 16.1. The van der Waals surface area contributed by atoms with Crippen LogP contribution >= 0.6 is 0 Å². The lowest BCUT2D eigenvalue weighted by Crippen LogP contribution is -2.41. The lowest BCUT2D eigenvalue weighted by atomic mass is 9.90. The lowest BCUT2D eigenvalue weighted by Gasteiger charge is -2.25. The van der Waals surface area contributed by atoms with E-state index in [9.17, 15) is 4.79 Å². The standard InChI is InChI=1S/C16H29N5O/c1-5-21(12(2)3)7-6-18-16(22)15-10-17-9-14(15)13-8-19-20(4)11-13/h8,11-12,14-15,17H,5-7,9-10H2,1-4H3,(H,18,22)/t14-,15+/m1/s1. The van der Waals surface area contributed by atoms with Crippen molar-refractivity contribution in [3.05, 3.63) is 18.0 Å². The van der Waals surface area contributed by atoms with Crippen LogP contribution in [0.3, 0.4) is 0 Å². The van der Waals surface area contributed by atoms with Crippen molar-refractivity contribution >= 4 is 5.91 Å². The van der Waals surface area contributed by atoms with Crippen LogP contribution in [-0.2, 0) is 11.8 Å². The highest BCUT2D eigenvalue weighted by Gasteiger charge is 2.34. The molecule has 6 heteroatoms. The fourth-order valence-electron chi connectivity index (χ4n) is 3.17. The average molecular weight is 307 g/mol. The Bertz CT molecular complexity index is 485. The first kappa shape index (κ1) is 17.0. The third-order valence-electron chi connectivity index (χ3n) is 4.54. The maximum Gasteiger partial charge on any atom is 0.225 e. The predicted octanol–water partition coefficient (Wildman–Crippen LogP) is 0.570. The molecule has 0 saturated carbocycles. The first-order valence-corrected chi connectivity index (χ1v) is 8.24. The van der Waals surface area contributed by atoms with Crippen LogP contribution in [0.15, 0.2) is 12.4 Å². The van der Waals surface area contributed by atoms with Gasteiger partial charge in [-0.2, -0.15) is 5.10 Å². The summed E-state index contributed by atoms with van der Waals surface area (Å²) in [4.78, 5) is 14.8. The van der Waals surface area contributed by atoms with Crippen LogP contribution in [0.2, 0.25) is 0 Å². The van der Waals surface area contributed by atoms with Crippen molar-refractivity contribution < 1.29 is 4.79 Å². The van der Waals surface area contributed by atoms with Crippen LogP contribution in [0.4, 0.5) is 0 Å². The van der Waals surface area contributed by atoms with Crippen molar-refractivity contribution in [1.82, 2.24) is 25.3 Å². The first-order chi connectivity index (χ1) is 10.5. The Hall–Kier alpha value is -1.40. The number of aromatic nitrogens is 2. The number of aryl methyl sites for hydroxylation is 1. The van der Waals surface area contributed by atoms with Crippen LogP contribution in [0.1, 0.15) is 32.3 Å². The molecule has 0 spiro atoms. The normalized spacial score (nSPS) is 21.7. The summed E-state index contributed by atoms with van der Waals surface area (Å²) in [6.07, 6.45) is 3.88. The predicted molar refractivity (Wildman–Crippen MR) is 87.7 cm³/mol. The molecule has 1 saturated heterocycles. The molecule has 0 radical (unpaired) electrons. The maximum atomic E-state index is 12.5. The second-order valence-corrected chi connectivity index (χ2v) is 6.33. The van der Waals surface area contributed by atoms with Crippen LogP contribution in [0, 0.1) is 5.92 Å². The summed E-state index contributed by atoms with van der Waals surface area (Å²) in [5.74, 6) is 0.373. The Morgan fingerprint density at radius 2 is 2.32 bits per heavy atom. The summed E-state index contributed by atoms with van der Waals surface area (Å²) < 4.78 is 1.80. The van der Waals surface area contributed by atoms with E-state index in [4.69, 9.17) is 0 Å². The van der Waals surface area contributed by atoms with E-state index in [1.807, 2.05) is 19.4 Å². The van der Waals surface area contributed by atoms with Gasteiger partial charge in [-0.25, -0.2) is 0 Å². The second-order valence-electron chi connectivity index (χ2n) is 6.33. The Kier molecular flexibility index (Phi) is 5.97. The number of amides is 1. The molecule has 1 aliphatic heterocycles. The summed E-state index contributed by atoms with van der Waals surface area (Å²) >= 11 is 0. The smallest absolute Gasteiger partial charge is 0.225 e. The third-order valence-corrected chi connectivity index (χ3v) is 4.54. The number of nitrogens with zero attached hydrogens (tertiary/aromatic N) is 3. The van der Waals surface area contributed by atoms with E-state index in [0.29, 0.717) is 12.6 Å². The monoisotopic (exact) mass is 307 g/mol. The van der Waals surface area contributed by atoms with Gasteiger partial charge in [0.15, 0.2) is 0 Å². The van der Waals surface area contributed by atoms with Gasteiger partial charge in [0, 0.05) is 51.4 Å². The maximum absolute atomic E-state index is 12.5. The van der Waals surface area contributed by atoms with E-state index in [-0.39, 0.29) is 17.7 Å². The molecule has 1 fully saturated rings. The van der Waals surface area contributed by atoms with Crippen molar-refractivity contribution in [2.45, 2.75) is 32.7 Å². The van der Waals surface area contributed by atoms with Crippen LogP contribution in [0.25, 0.3) is 0 Å². The van der Waals surface area contributed by atoms with E-state index >= 15 is 0 Å². The van der Waals surface area contributed by atoms with Gasteiger partial charge in [0.2, 0.25) is 5.91 Å². The molecular weight excluding hydrogens is 278 g/mol. The highest BCUT2D eigenvalue weighted by atomic mass is 16.1. The average Bonchev–Trinajstić information content (AvgIpc) is 3.11. The Labute approximate surface area is 133 Å². The lowest BCUT2D eigenvalue weighted by molar-refractivity contribution is -0.124. The van der Waals surface area contributed by atoms with Gasteiger partial charge in [-0.15, -0.1) is 0 Å². The van der Waals surface area contributed by atoms with E-state index < -0.39 is 0 Å². The largest absolute Gasteiger partial charge is 0.355 e. The number of nitrogens with one attached hydrogen (secondary N) is 2. The molecule has 2 N–H and O–H groups in total. The van der Waals surface area contributed by atoms with Crippen molar-refractivity contribution in [2.75, 3.05) is 32.7 Å². The molecule has 124 valence electrons. The molecule has 0 aliphatic carbocycles. The van der Waals surface area contributed by atoms with Crippen LogP contribution in [-0.4, -0.2) is 59.4 Å². The Morgan fingerprint density at radius 1 is 1.55 bits per heavy atom. The highest BCUT2D eigenvalue weighted by Crippen LogP contribution is 2.27. The quantitative estimate of drug-likeness (QED) is 0.773. The molecule has 1 amide bonds. The van der Waals surface area contributed by atoms with Gasteiger partial charge in [0.25, 0.3) is 0 Å². The van der Waals surface area contributed by atoms with Crippen molar-refractivity contribution in [3.63, 3.8) is 0 Å². The molecule has 1 aromatic heterocycles. The van der Waals surface area contributed by atoms with Gasteiger partial charge in [0.05, 0.1) is 12.1 Å². The van der Waals surface area contributed by atoms with E-state index in [1.54, 1.807) is 4.68 Å². The molecule has 6 nitrogen and oxygen atoms in total. The fourth-order valence-corrected chi connectivity index (χ4v) is 3.17. The molecule has 0 bridgehead atoms. The Morgan fingerprint density at radius 3 is 2.91 bits per heavy atom. The van der Waals surface area contributed by atoms with E-state index in [0.717, 1.165) is 31.7 Å². The summed E-state index contributed by atoms with van der Waals surface area (Å²) in [7, 11) is 1.91. The molecule has 1 aromatic rings. The minimum atomic E-state index is -0.00155. The first-order valence-electron chi connectivity index (χ1n) is 8.24. The number of hydrogen-bond donors (Lipinski definition) is 2. The zero-order valence-electron chi connectivity index (χ0n) is 14.2. The summed E-state index contributed by atoms with van der Waals surface area (Å²) in [6.45, 7) is 10.7. The second kappa shape index (κ2) is 7.74. The van der Waals surface area contributed by atoms with Crippen LogP contribution < -0.4 is 10.6 Å². The molecule has 0 aromatic carbocycles. The van der Waals surface area contributed by atoms with Gasteiger partial charge >= 0.3 is 0 Å². The molecule has 2 rings (SSSR count). The number of carbonyl (C=O) groups is 1. The van der Waals surface area contributed by atoms with E-state index in [2.05, 4.69) is 41.4 Å². The summed E-state index contributed by atoms with van der Waals surface area (Å²) in [5, 5.41) is 10.7. The van der Waals surface area contributed by atoms with Gasteiger partial charge < -0.3 is 10.6 Å². The molecule has 22 heavy (non-hydrogen) atoms. The van der Waals surface area contributed by atoms with Gasteiger partial charge in [-0.1, -0.05) is 6.92 Å². The minimum absolute atomic E-state index is 0.00155. The molecular formula is C16H29N5O. The molecule has 2 atom stereocenters. The number of rotatable bonds is 7. The third kappa shape index (κ3) is 4.08. The van der Waals surface area contributed by atoms with Gasteiger partial charge in [-0.3, -0.25) is 14.4 Å². The van der Waals surface area contributed by atoms with Crippen molar-refractivity contribution in [3.8, 4) is 0 Å². The minimum Gasteiger partial charge on any atom is -0.355 e. The van der Waals surface area contributed by atoms with Crippen molar-refractivity contribution in [1.29, 1.82) is 0 Å². The molecule has 1 aliphatic rings. The number of carbonyl (C=O) groups excluding carboxylic acids is 1. The topological polar surface area (TPSA) is 62.2 Å². The van der Waals surface area contributed by atoms with E-state index in [1.165, 1.54) is 0 Å². The van der Waals surface area contributed by atoms with Crippen molar-refractivity contribution in [2.24, 2.45) is 13.0 Å². The zero-order valence-corrected chi connectivity index (χ0v) is 14.2. The SMILES string of the molecule is CCN(CCNC(=O)[C@H]1CNC[C@@H]1c1cnn(C)c1)C(C)C. The van der Waals surface area contributed by atoms with Gasteiger partial charge in [0.1, 0.15) is 0 Å². The molecule has 2 heterocycles. The number of likely N-dealkylation sites (N-methyl/N-ethyl adjacent to an activating group) is 1. The van der Waals surface area contributed by atoms with Gasteiger partial charge in [-0.05, 0) is 26.0 Å². The van der Waals surface area contributed by atoms with Crippen LogP contribution in [0.5, 0.6) is 0 Å². The fraction of sp³-hybridized carbons (Fsp3) is 0.750. The highest BCUT2D eigenvalue weighted by molar-refractivity contribution is 5.80.